The van der Waals surface area contributed by atoms with Crippen LogP contribution in [0.1, 0.15) is 16.2 Å². The molecule has 0 bridgehead atoms. The third-order valence-electron chi connectivity index (χ3n) is 1.93. The fourth-order valence-corrected chi connectivity index (χ4v) is 1.81. The number of thiazole rings is 1. The van der Waals surface area contributed by atoms with Crippen LogP contribution in [-0.4, -0.2) is 21.1 Å². The molecule has 2 N–H and O–H groups in total. The van der Waals surface area contributed by atoms with Crippen molar-refractivity contribution in [2.75, 3.05) is 5.32 Å². The molecule has 0 aliphatic rings. The maximum Gasteiger partial charge on any atom is 0.434 e. The Morgan fingerprint density at radius 1 is 1.37 bits per heavy atom. The Morgan fingerprint density at radius 3 is 2.63 bits per heavy atom. The van der Waals surface area contributed by atoms with Crippen LogP contribution in [0.3, 0.4) is 0 Å². The van der Waals surface area contributed by atoms with Crippen LogP contribution in [0.2, 0.25) is 0 Å². The average molecular weight is 290 g/mol. The number of nitrogens with one attached hydrogen (secondary N) is 2. The van der Waals surface area contributed by atoms with E-state index in [1.54, 1.807) is 0 Å². The largest absolute Gasteiger partial charge is 0.434 e. The third-order valence-corrected chi connectivity index (χ3v) is 2.68. The molecule has 2 rings (SSSR count). The van der Waals surface area contributed by atoms with Gasteiger partial charge in [0.2, 0.25) is 0 Å². The number of carbonyl (C=O) groups is 1. The van der Waals surface area contributed by atoms with E-state index in [2.05, 4.69) is 15.4 Å². The van der Waals surface area contributed by atoms with Crippen LogP contribution in [0.4, 0.5) is 18.3 Å². The van der Waals surface area contributed by atoms with Crippen molar-refractivity contribution in [2.24, 2.45) is 0 Å². The van der Waals surface area contributed by atoms with E-state index in [4.69, 9.17) is 0 Å². The molecule has 1 amide bonds. The lowest BCUT2D eigenvalue weighted by atomic mass is 10.4. The first kappa shape index (κ1) is 13.2. The van der Waals surface area contributed by atoms with E-state index in [1.165, 1.54) is 0 Å². The zero-order chi connectivity index (χ0) is 14.0. The number of H-pyrrole nitrogens is 1. The fraction of sp³-hybridized carbons (Fsp3) is 0.111. The van der Waals surface area contributed by atoms with Gasteiger partial charge >= 0.3 is 6.18 Å². The highest BCUT2D eigenvalue weighted by molar-refractivity contribution is 7.14. The second kappa shape index (κ2) is 4.80. The smallest absolute Gasteiger partial charge is 0.296 e. The summed E-state index contributed by atoms with van der Waals surface area (Å²) in [6, 6.07) is 2.22. The fourth-order valence-electron chi connectivity index (χ4n) is 1.09. The van der Waals surface area contributed by atoms with Crippen molar-refractivity contribution in [1.29, 1.82) is 0 Å². The second-order valence-corrected chi connectivity index (χ2v) is 4.15. The summed E-state index contributed by atoms with van der Waals surface area (Å²) < 4.78 is 36.9. The molecule has 0 atom stereocenters. The second-order valence-electron chi connectivity index (χ2n) is 3.30. The lowest BCUT2D eigenvalue weighted by molar-refractivity contribution is -0.140. The van der Waals surface area contributed by atoms with Crippen molar-refractivity contribution >= 4 is 22.4 Å². The van der Waals surface area contributed by atoms with Gasteiger partial charge in [-0.15, -0.1) is 11.3 Å². The minimum absolute atomic E-state index is 0.136. The number of amides is 1. The monoisotopic (exact) mass is 290 g/mol. The molecular weight excluding hydrogens is 285 g/mol. The molecule has 0 spiro atoms. The number of hydrogen-bond acceptors (Lipinski definition) is 5. The summed E-state index contributed by atoms with van der Waals surface area (Å²) in [5, 5.41) is 8.21. The number of aromatic amines is 1. The van der Waals surface area contributed by atoms with Gasteiger partial charge in [-0.2, -0.15) is 18.3 Å². The molecule has 100 valence electrons. The molecule has 2 heterocycles. The topological polar surface area (TPSA) is 87.7 Å². The summed E-state index contributed by atoms with van der Waals surface area (Å²) in [6.45, 7) is 0. The van der Waals surface area contributed by atoms with E-state index in [9.17, 15) is 22.8 Å². The minimum atomic E-state index is -4.56. The molecule has 6 nitrogen and oxygen atoms in total. The molecule has 10 heteroatoms. The molecule has 0 saturated heterocycles. The quantitative estimate of drug-likeness (QED) is 0.877. The zero-order valence-electron chi connectivity index (χ0n) is 8.99. The highest BCUT2D eigenvalue weighted by atomic mass is 32.1. The van der Waals surface area contributed by atoms with Gasteiger partial charge in [-0.25, -0.2) is 10.1 Å². The zero-order valence-corrected chi connectivity index (χ0v) is 9.80. The maximum absolute atomic E-state index is 12.3. The first-order valence-electron chi connectivity index (χ1n) is 4.76. The van der Waals surface area contributed by atoms with Crippen molar-refractivity contribution in [2.45, 2.75) is 6.18 Å². The number of halogens is 3. The van der Waals surface area contributed by atoms with E-state index < -0.39 is 23.3 Å². The highest BCUT2D eigenvalue weighted by Crippen LogP contribution is 2.31. The number of hydrogen-bond donors (Lipinski definition) is 2. The van der Waals surface area contributed by atoms with Crippen LogP contribution in [-0.2, 0) is 6.18 Å². The molecular formula is C9H5F3N4O2S. The minimum Gasteiger partial charge on any atom is -0.296 e. The van der Waals surface area contributed by atoms with Gasteiger partial charge < -0.3 is 0 Å². The van der Waals surface area contributed by atoms with E-state index >= 15 is 0 Å². The van der Waals surface area contributed by atoms with Crippen LogP contribution >= 0.6 is 11.3 Å². The Hall–Kier alpha value is -2.23. The Kier molecular flexibility index (Phi) is 3.34. The predicted octanol–water partition coefficient (Wildman–Crippen LogP) is 1.50. The van der Waals surface area contributed by atoms with E-state index in [-0.39, 0.29) is 10.8 Å². The van der Waals surface area contributed by atoms with Gasteiger partial charge in [0.25, 0.3) is 11.5 Å². The van der Waals surface area contributed by atoms with Crippen LogP contribution in [0.15, 0.2) is 22.3 Å². The van der Waals surface area contributed by atoms with Gasteiger partial charge in [0, 0.05) is 11.4 Å². The number of rotatable bonds is 2. The van der Waals surface area contributed by atoms with Gasteiger partial charge in [0.05, 0.1) is 0 Å². The number of nitrogens with zero attached hydrogens (tertiary/aromatic N) is 2. The van der Waals surface area contributed by atoms with Gasteiger partial charge in [-0.1, -0.05) is 0 Å². The van der Waals surface area contributed by atoms with Crippen molar-refractivity contribution in [3.8, 4) is 0 Å². The van der Waals surface area contributed by atoms with Crippen LogP contribution in [0.25, 0.3) is 0 Å². The van der Waals surface area contributed by atoms with E-state index in [1.807, 2.05) is 5.10 Å². The lowest BCUT2D eigenvalue weighted by Gasteiger charge is -2.01. The molecule has 0 fully saturated rings. The number of anilines is 1. The summed E-state index contributed by atoms with van der Waals surface area (Å²) in [6.07, 6.45) is -4.56. The third kappa shape index (κ3) is 3.16. The van der Waals surface area contributed by atoms with Crippen molar-refractivity contribution in [3.63, 3.8) is 0 Å². The van der Waals surface area contributed by atoms with Crippen molar-refractivity contribution in [3.05, 3.63) is 39.3 Å². The first-order chi connectivity index (χ1) is 8.86. The molecule has 0 aliphatic heterocycles. The lowest BCUT2D eigenvalue weighted by Crippen LogP contribution is -2.17. The van der Waals surface area contributed by atoms with Crippen molar-refractivity contribution < 1.29 is 18.0 Å². The standard InChI is InChI=1S/C9H5F3N4O2S/c10-9(11,12)5-3-19-8(13-5)14-7(18)4-1-2-6(17)16-15-4/h1-3H,(H,16,17)(H,13,14,18). The summed E-state index contributed by atoms with van der Waals surface area (Å²) in [7, 11) is 0. The Balaban J connectivity index is 2.13. The predicted molar refractivity (Wildman–Crippen MR) is 59.9 cm³/mol. The van der Waals surface area contributed by atoms with E-state index in [0.717, 1.165) is 17.5 Å². The number of aromatic nitrogens is 3. The number of alkyl halides is 3. The van der Waals surface area contributed by atoms with Gasteiger partial charge in [0.15, 0.2) is 10.8 Å². The van der Waals surface area contributed by atoms with Crippen molar-refractivity contribution in [1.82, 2.24) is 15.2 Å². The van der Waals surface area contributed by atoms with Crippen LogP contribution in [0, 0.1) is 0 Å². The molecule has 2 aromatic rings. The van der Waals surface area contributed by atoms with Gasteiger partial charge in [-0.05, 0) is 6.07 Å². The van der Waals surface area contributed by atoms with Gasteiger partial charge in [-0.3, -0.25) is 14.9 Å². The molecule has 0 saturated carbocycles. The normalized spacial score (nSPS) is 11.3. The van der Waals surface area contributed by atoms with Crippen LogP contribution in [0.5, 0.6) is 0 Å². The first-order valence-corrected chi connectivity index (χ1v) is 5.64. The molecule has 0 radical (unpaired) electrons. The Morgan fingerprint density at radius 2 is 2.11 bits per heavy atom. The summed E-state index contributed by atoms with van der Waals surface area (Å²) in [5.74, 6) is -0.765. The average Bonchev–Trinajstić information content (AvgIpc) is 2.78. The van der Waals surface area contributed by atoms with Crippen LogP contribution < -0.4 is 10.9 Å². The molecule has 0 unspecified atom stereocenters. The Bertz CT molecular complexity index is 643. The van der Waals surface area contributed by atoms with Gasteiger partial charge in [0.1, 0.15) is 5.69 Å². The summed E-state index contributed by atoms with van der Waals surface area (Å²) in [5.41, 5.74) is -1.71. The Labute approximate surface area is 107 Å². The molecule has 0 aliphatic carbocycles. The molecule has 0 aromatic carbocycles. The SMILES string of the molecule is O=C(Nc1nc(C(F)(F)F)cs1)c1ccc(=O)[nH]n1. The molecule has 2 aromatic heterocycles. The molecule has 19 heavy (non-hydrogen) atoms. The summed E-state index contributed by atoms with van der Waals surface area (Å²) >= 11 is 0.640. The van der Waals surface area contributed by atoms with E-state index in [0.29, 0.717) is 11.3 Å². The highest BCUT2D eigenvalue weighted by Gasteiger charge is 2.33. The summed E-state index contributed by atoms with van der Waals surface area (Å²) in [4.78, 5) is 25.5. The number of carbonyl (C=O) groups excluding carboxylic acids is 1. The maximum atomic E-state index is 12.3.